The van der Waals surface area contributed by atoms with E-state index in [9.17, 15) is 9.59 Å². The number of aryl methyl sites for hydroxylation is 2. The fraction of sp³-hybridized carbons (Fsp3) is 0.455. The van der Waals surface area contributed by atoms with Crippen LogP contribution < -0.4 is 5.32 Å². The maximum absolute atomic E-state index is 13.0. The smallest absolute Gasteiger partial charge is 0.253 e. The summed E-state index contributed by atoms with van der Waals surface area (Å²) in [7, 11) is 0. The molecule has 0 aliphatic carbocycles. The topological polar surface area (TPSA) is 54.3 Å². The first kappa shape index (κ1) is 19.2. The van der Waals surface area contributed by atoms with Gasteiger partial charge in [0.05, 0.1) is 0 Å². The third-order valence-electron chi connectivity index (χ3n) is 5.22. The van der Waals surface area contributed by atoms with Crippen molar-refractivity contribution in [3.8, 4) is 5.69 Å². The second-order valence-corrected chi connectivity index (χ2v) is 7.30. The number of nitrogens with zero attached hydrogens (tertiary/aromatic N) is 2. The number of hydrogen-bond acceptors (Lipinski definition) is 2. The van der Waals surface area contributed by atoms with Gasteiger partial charge in [0.1, 0.15) is 0 Å². The zero-order valence-corrected chi connectivity index (χ0v) is 16.3. The van der Waals surface area contributed by atoms with Crippen molar-refractivity contribution < 1.29 is 9.59 Å². The number of rotatable bonds is 2. The van der Waals surface area contributed by atoms with Crippen molar-refractivity contribution >= 4 is 11.8 Å². The molecule has 5 nitrogen and oxygen atoms in total. The summed E-state index contributed by atoms with van der Waals surface area (Å²) in [6.07, 6.45) is 4.54. The maximum Gasteiger partial charge on any atom is 0.253 e. The molecule has 3 rings (SSSR count). The minimum Gasteiger partial charge on any atom is -0.356 e. The molecular formula is C22H29N3O2. The Balaban J connectivity index is 1.73. The highest BCUT2D eigenvalue weighted by atomic mass is 16.2. The van der Waals surface area contributed by atoms with Crippen LogP contribution in [0.4, 0.5) is 0 Å². The molecule has 1 aromatic heterocycles. The first-order chi connectivity index (χ1) is 13.1. The van der Waals surface area contributed by atoms with Gasteiger partial charge in [-0.2, -0.15) is 0 Å². The van der Waals surface area contributed by atoms with Crippen LogP contribution in [0.5, 0.6) is 0 Å². The molecule has 0 unspecified atom stereocenters. The molecule has 0 radical (unpaired) electrons. The Morgan fingerprint density at radius 3 is 2.26 bits per heavy atom. The summed E-state index contributed by atoms with van der Waals surface area (Å²) < 4.78 is 2.17. The van der Waals surface area contributed by atoms with Crippen LogP contribution in [-0.2, 0) is 4.79 Å². The second kappa shape index (κ2) is 8.89. The van der Waals surface area contributed by atoms with Gasteiger partial charge in [0.2, 0.25) is 5.91 Å². The van der Waals surface area contributed by atoms with E-state index in [4.69, 9.17) is 0 Å². The average Bonchev–Trinajstić information content (AvgIpc) is 2.98. The van der Waals surface area contributed by atoms with Gasteiger partial charge in [-0.1, -0.05) is 12.8 Å². The molecule has 0 spiro atoms. The van der Waals surface area contributed by atoms with Gasteiger partial charge in [0.15, 0.2) is 0 Å². The Bertz CT molecular complexity index is 773. The number of amides is 2. The molecule has 1 fully saturated rings. The Hall–Kier alpha value is -2.56. The van der Waals surface area contributed by atoms with E-state index < -0.39 is 0 Å². The predicted molar refractivity (Wildman–Crippen MR) is 107 cm³/mol. The summed E-state index contributed by atoms with van der Waals surface area (Å²) in [5.41, 5.74) is 4.08. The van der Waals surface area contributed by atoms with Gasteiger partial charge >= 0.3 is 0 Å². The Kier molecular flexibility index (Phi) is 6.32. The summed E-state index contributed by atoms with van der Waals surface area (Å²) in [5, 5.41) is 2.93. The van der Waals surface area contributed by atoms with Gasteiger partial charge in [-0.15, -0.1) is 0 Å². The number of carbonyl (C=O) groups is 2. The van der Waals surface area contributed by atoms with Crippen LogP contribution >= 0.6 is 0 Å². The molecule has 1 N–H and O–H groups in total. The first-order valence-corrected chi connectivity index (χ1v) is 9.87. The van der Waals surface area contributed by atoms with E-state index in [0.717, 1.165) is 37.9 Å². The van der Waals surface area contributed by atoms with E-state index in [1.165, 1.54) is 11.4 Å². The SMILES string of the molecule is Cc1ccc(C)n1-c1ccc(C(=O)N2CCCCCCNC(=O)CC2)cc1. The van der Waals surface area contributed by atoms with Crippen LogP contribution in [0.2, 0.25) is 0 Å². The highest BCUT2D eigenvalue weighted by Gasteiger charge is 2.17. The number of benzene rings is 1. The summed E-state index contributed by atoms with van der Waals surface area (Å²) in [5.74, 6) is 0.0400. The largest absolute Gasteiger partial charge is 0.356 e. The molecule has 5 heteroatoms. The van der Waals surface area contributed by atoms with Gasteiger partial charge in [0, 0.05) is 48.7 Å². The zero-order valence-electron chi connectivity index (χ0n) is 16.3. The normalized spacial score (nSPS) is 16.5. The standard InChI is InChI=1S/C22H29N3O2/c1-17-7-8-18(2)25(17)20-11-9-19(10-12-20)22(27)24-15-6-4-3-5-14-23-21(26)13-16-24/h7-12H,3-6,13-16H2,1-2H3,(H,23,26). The number of nitrogens with one attached hydrogen (secondary N) is 1. The van der Waals surface area contributed by atoms with Gasteiger partial charge < -0.3 is 14.8 Å². The van der Waals surface area contributed by atoms with Gasteiger partial charge in [-0.05, 0) is 63.1 Å². The number of hydrogen-bond donors (Lipinski definition) is 1. The Labute approximate surface area is 161 Å². The predicted octanol–water partition coefficient (Wildman–Crippen LogP) is 3.62. The third kappa shape index (κ3) is 4.79. The van der Waals surface area contributed by atoms with Crippen molar-refractivity contribution in [2.45, 2.75) is 46.0 Å². The Morgan fingerprint density at radius 2 is 1.56 bits per heavy atom. The molecule has 144 valence electrons. The van der Waals surface area contributed by atoms with Crippen molar-refractivity contribution in [1.29, 1.82) is 0 Å². The van der Waals surface area contributed by atoms with Crippen molar-refractivity contribution in [1.82, 2.24) is 14.8 Å². The van der Waals surface area contributed by atoms with Crippen LogP contribution in [0.3, 0.4) is 0 Å². The fourth-order valence-corrected chi connectivity index (χ4v) is 3.66. The monoisotopic (exact) mass is 367 g/mol. The lowest BCUT2D eigenvalue weighted by Crippen LogP contribution is -2.35. The summed E-state index contributed by atoms with van der Waals surface area (Å²) in [6.45, 7) is 6.08. The molecule has 1 aliphatic heterocycles. The third-order valence-corrected chi connectivity index (χ3v) is 5.22. The molecule has 2 aromatic rings. The molecule has 0 bridgehead atoms. The Morgan fingerprint density at radius 1 is 0.889 bits per heavy atom. The van der Waals surface area contributed by atoms with Crippen molar-refractivity contribution in [3.63, 3.8) is 0 Å². The number of aromatic nitrogens is 1. The zero-order chi connectivity index (χ0) is 19.2. The van der Waals surface area contributed by atoms with Gasteiger partial charge in [-0.3, -0.25) is 9.59 Å². The van der Waals surface area contributed by atoms with Gasteiger partial charge in [0.25, 0.3) is 5.91 Å². The van der Waals surface area contributed by atoms with Crippen molar-refractivity contribution in [3.05, 3.63) is 53.3 Å². The van der Waals surface area contributed by atoms with Crippen molar-refractivity contribution in [2.75, 3.05) is 19.6 Å². The minimum absolute atomic E-state index is 0.00884. The van der Waals surface area contributed by atoms with E-state index in [1.54, 1.807) is 0 Å². The average molecular weight is 367 g/mol. The highest BCUT2D eigenvalue weighted by Crippen LogP contribution is 2.18. The summed E-state index contributed by atoms with van der Waals surface area (Å²) >= 11 is 0. The van der Waals surface area contributed by atoms with E-state index in [-0.39, 0.29) is 11.8 Å². The molecular weight excluding hydrogens is 338 g/mol. The fourth-order valence-electron chi connectivity index (χ4n) is 3.66. The van der Waals surface area contributed by atoms with Gasteiger partial charge in [-0.25, -0.2) is 0 Å². The van der Waals surface area contributed by atoms with E-state index in [1.807, 2.05) is 29.2 Å². The van der Waals surface area contributed by atoms with Crippen LogP contribution in [0.1, 0.15) is 53.8 Å². The number of carbonyl (C=O) groups excluding carboxylic acids is 2. The lowest BCUT2D eigenvalue weighted by Gasteiger charge is -2.22. The van der Waals surface area contributed by atoms with Crippen LogP contribution in [0.15, 0.2) is 36.4 Å². The van der Waals surface area contributed by atoms with E-state index in [0.29, 0.717) is 25.1 Å². The molecule has 0 saturated carbocycles. The summed E-state index contributed by atoms with van der Waals surface area (Å²) in [4.78, 5) is 26.7. The van der Waals surface area contributed by atoms with E-state index >= 15 is 0 Å². The first-order valence-electron chi connectivity index (χ1n) is 9.87. The van der Waals surface area contributed by atoms with E-state index in [2.05, 4.69) is 35.9 Å². The maximum atomic E-state index is 13.0. The molecule has 1 aliphatic rings. The quantitative estimate of drug-likeness (QED) is 0.881. The van der Waals surface area contributed by atoms with Crippen LogP contribution in [-0.4, -0.2) is 40.9 Å². The van der Waals surface area contributed by atoms with Crippen LogP contribution in [0.25, 0.3) is 5.69 Å². The minimum atomic E-state index is 0.00884. The molecule has 27 heavy (non-hydrogen) atoms. The van der Waals surface area contributed by atoms with Crippen LogP contribution in [0, 0.1) is 13.8 Å². The molecule has 1 saturated heterocycles. The molecule has 2 amide bonds. The van der Waals surface area contributed by atoms with Crippen molar-refractivity contribution in [2.24, 2.45) is 0 Å². The molecule has 0 atom stereocenters. The summed E-state index contributed by atoms with van der Waals surface area (Å²) in [6, 6.07) is 11.9. The lowest BCUT2D eigenvalue weighted by atomic mass is 10.1. The highest BCUT2D eigenvalue weighted by molar-refractivity contribution is 5.94. The molecule has 1 aromatic carbocycles. The molecule has 2 heterocycles. The lowest BCUT2D eigenvalue weighted by molar-refractivity contribution is -0.121. The second-order valence-electron chi connectivity index (χ2n) is 7.30.